The van der Waals surface area contributed by atoms with Crippen LogP contribution >= 0.6 is 0 Å². The molecule has 3 saturated heterocycles. The van der Waals surface area contributed by atoms with Crippen LogP contribution in [0.15, 0.2) is 30.3 Å². The number of hydrogen-bond donors (Lipinski definition) is 9. The van der Waals surface area contributed by atoms with E-state index in [0.29, 0.717) is 0 Å². The summed E-state index contributed by atoms with van der Waals surface area (Å²) in [5, 5.41) is 93.1. The SMILES string of the molecule is CC.CC.CC1C(CO)OC(OC2C(CO)OC(OC3C(CO)OC(OCc4ccccc4)C(O)C3O)C(O)C2O)C(O)C1O. The molecule has 9 N–H and O–H groups in total. The number of aliphatic hydroxyl groups excluding tert-OH is 9. The van der Waals surface area contributed by atoms with Gasteiger partial charge in [0.1, 0.15) is 54.9 Å². The highest BCUT2D eigenvalue weighted by Gasteiger charge is 2.53. The van der Waals surface area contributed by atoms with Crippen LogP contribution in [-0.4, -0.2) is 152 Å². The second-order valence-electron chi connectivity index (χ2n) is 10.5. The van der Waals surface area contributed by atoms with Crippen LogP contribution in [0.1, 0.15) is 40.2 Å². The molecule has 0 saturated carbocycles. The van der Waals surface area contributed by atoms with Crippen LogP contribution < -0.4 is 0 Å². The van der Waals surface area contributed by atoms with Crippen molar-refractivity contribution >= 4 is 0 Å². The smallest absolute Gasteiger partial charge is 0.187 e. The molecule has 0 amide bonds. The molecule has 3 fully saturated rings. The molecule has 0 spiro atoms. The zero-order chi connectivity index (χ0) is 33.8. The van der Waals surface area contributed by atoms with Gasteiger partial charge in [-0.2, -0.15) is 0 Å². The van der Waals surface area contributed by atoms with Crippen molar-refractivity contribution in [2.75, 3.05) is 19.8 Å². The maximum Gasteiger partial charge on any atom is 0.187 e. The molecule has 0 bridgehead atoms. The maximum absolute atomic E-state index is 10.9. The first-order chi connectivity index (χ1) is 21.6. The fourth-order valence-corrected chi connectivity index (χ4v) is 5.14. The molecular formula is C30H52O15. The molecular weight excluding hydrogens is 600 g/mol. The summed E-state index contributed by atoms with van der Waals surface area (Å²) < 4.78 is 33.6. The summed E-state index contributed by atoms with van der Waals surface area (Å²) in [7, 11) is 0. The lowest BCUT2D eigenvalue weighted by molar-refractivity contribution is -0.378. The monoisotopic (exact) mass is 652 g/mol. The summed E-state index contributed by atoms with van der Waals surface area (Å²) in [5.74, 6) is -0.637. The second-order valence-corrected chi connectivity index (χ2v) is 10.5. The van der Waals surface area contributed by atoms with Crippen molar-refractivity contribution in [1.82, 2.24) is 0 Å². The fourth-order valence-electron chi connectivity index (χ4n) is 5.14. The van der Waals surface area contributed by atoms with Crippen molar-refractivity contribution in [1.29, 1.82) is 0 Å². The lowest BCUT2D eigenvalue weighted by atomic mass is 9.91. The molecule has 1 aromatic carbocycles. The normalized spacial score (nSPS) is 41.7. The largest absolute Gasteiger partial charge is 0.394 e. The van der Waals surface area contributed by atoms with E-state index in [1.54, 1.807) is 31.2 Å². The van der Waals surface area contributed by atoms with Crippen LogP contribution in [-0.2, 0) is 35.0 Å². The average Bonchev–Trinajstić information content (AvgIpc) is 3.08. The highest BCUT2D eigenvalue weighted by atomic mass is 16.8. The summed E-state index contributed by atoms with van der Waals surface area (Å²) >= 11 is 0. The highest BCUT2D eigenvalue weighted by molar-refractivity contribution is 5.13. The van der Waals surface area contributed by atoms with E-state index >= 15 is 0 Å². The molecule has 1 aromatic rings. The Morgan fingerprint density at radius 1 is 0.556 bits per heavy atom. The summed E-state index contributed by atoms with van der Waals surface area (Å²) in [4.78, 5) is 0. The van der Waals surface area contributed by atoms with Gasteiger partial charge in [0.25, 0.3) is 0 Å². The molecule has 262 valence electrons. The van der Waals surface area contributed by atoms with Crippen LogP contribution in [0.4, 0.5) is 0 Å². The summed E-state index contributed by atoms with van der Waals surface area (Å²) in [6.07, 6.45) is -20.9. The Kier molecular flexibility index (Phi) is 17.2. The lowest BCUT2D eigenvalue weighted by Gasteiger charge is -2.48. The number of aliphatic hydroxyl groups is 9. The van der Waals surface area contributed by atoms with Gasteiger partial charge >= 0.3 is 0 Å². The molecule has 15 nitrogen and oxygen atoms in total. The van der Waals surface area contributed by atoms with Crippen molar-refractivity contribution < 1.29 is 74.4 Å². The molecule has 45 heavy (non-hydrogen) atoms. The van der Waals surface area contributed by atoms with Gasteiger partial charge in [0.05, 0.1) is 38.6 Å². The molecule has 3 heterocycles. The van der Waals surface area contributed by atoms with Crippen molar-refractivity contribution in [2.24, 2.45) is 5.92 Å². The summed E-state index contributed by atoms with van der Waals surface area (Å²) in [5.41, 5.74) is 0.776. The van der Waals surface area contributed by atoms with E-state index in [1.807, 2.05) is 33.8 Å². The van der Waals surface area contributed by atoms with Gasteiger partial charge < -0.3 is 74.4 Å². The number of ether oxygens (including phenoxy) is 6. The van der Waals surface area contributed by atoms with E-state index in [9.17, 15) is 46.0 Å². The van der Waals surface area contributed by atoms with Crippen LogP contribution in [0.3, 0.4) is 0 Å². The Balaban J connectivity index is 0.00000169. The quantitative estimate of drug-likeness (QED) is 0.133. The van der Waals surface area contributed by atoms with Crippen LogP contribution in [0.25, 0.3) is 0 Å². The zero-order valence-corrected chi connectivity index (χ0v) is 26.3. The first-order valence-corrected chi connectivity index (χ1v) is 15.4. The van der Waals surface area contributed by atoms with Gasteiger partial charge in [0.15, 0.2) is 18.9 Å². The Labute approximate surface area is 263 Å². The molecule has 15 unspecified atom stereocenters. The summed E-state index contributed by atoms with van der Waals surface area (Å²) in [6, 6.07) is 8.99. The van der Waals surface area contributed by atoms with Gasteiger partial charge in [-0.05, 0) is 5.56 Å². The van der Waals surface area contributed by atoms with E-state index in [0.717, 1.165) is 5.56 Å². The first kappa shape index (κ1) is 39.8. The number of rotatable bonds is 10. The molecule has 0 aliphatic carbocycles. The molecule has 15 atom stereocenters. The topological polar surface area (TPSA) is 237 Å². The Morgan fingerprint density at radius 2 is 0.956 bits per heavy atom. The Morgan fingerprint density at radius 3 is 1.42 bits per heavy atom. The van der Waals surface area contributed by atoms with E-state index in [2.05, 4.69) is 0 Å². The highest BCUT2D eigenvalue weighted by Crippen LogP contribution is 2.33. The van der Waals surface area contributed by atoms with Gasteiger partial charge in [-0.3, -0.25) is 0 Å². The van der Waals surface area contributed by atoms with Crippen molar-refractivity contribution in [2.45, 2.75) is 127 Å². The Bertz CT molecular complexity index is 922. The van der Waals surface area contributed by atoms with Gasteiger partial charge in [-0.25, -0.2) is 0 Å². The van der Waals surface area contributed by atoms with Crippen molar-refractivity contribution in [3.8, 4) is 0 Å². The third-order valence-corrected chi connectivity index (χ3v) is 7.72. The van der Waals surface area contributed by atoms with Gasteiger partial charge in [-0.1, -0.05) is 65.0 Å². The van der Waals surface area contributed by atoms with E-state index in [4.69, 9.17) is 28.4 Å². The fraction of sp³-hybridized carbons (Fsp3) is 0.800. The molecule has 3 aliphatic rings. The predicted molar refractivity (Wildman–Crippen MR) is 156 cm³/mol. The van der Waals surface area contributed by atoms with Crippen molar-refractivity contribution in [3.05, 3.63) is 35.9 Å². The molecule has 15 heteroatoms. The summed E-state index contributed by atoms with van der Waals surface area (Å²) in [6.45, 7) is 7.68. The second kappa shape index (κ2) is 19.4. The molecule has 3 aliphatic heterocycles. The van der Waals surface area contributed by atoms with Gasteiger partial charge in [0.2, 0.25) is 0 Å². The van der Waals surface area contributed by atoms with Crippen LogP contribution in [0.2, 0.25) is 0 Å². The van der Waals surface area contributed by atoms with Gasteiger partial charge in [0, 0.05) is 5.92 Å². The number of benzene rings is 1. The minimum absolute atomic E-state index is 0.0452. The molecule has 0 aromatic heterocycles. The third-order valence-electron chi connectivity index (χ3n) is 7.72. The minimum Gasteiger partial charge on any atom is -0.394 e. The average molecular weight is 653 g/mol. The van der Waals surface area contributed by atoms with Crippen molar-refractivity contribution in [3.63, 3.8) is 0 Å². The lowest BCUT2D eigenvalue weighted by Crippen LogP contribution is -2.66. The van der Waals surface area contributed by atoms with E-state index in [-0.39, 0.29) is 6.61 Å². The minimum atomic E-state index is -1.85. The molecule has 4 rings (SSSR count). The standard InChI is InChI=1S/C26H40O15.2C2H6/c1-11-13(7-27)37-25(19(33)16(11)30)40-23-15(9-29)39-26(21(35)18(23)32)41-22-14(8-28)38-24(20(34)17(22)31)36-10-12-5-3-2-4-6-12;2*1-2/h2-6,11,13-35H,7-10H2,1H3;2*1-2H3. The zero-order valence-electron chi connectivity index (χ0n) is 26.3. The maximum atomic E-state index is 10.9. The van der Waals surface area contributed by atoms with E-state index in [1.165, 1.54) is 0 Å². The molecule has 0 radical (unpaired) electrons. The first-order valence-electron chi connectivity index (χ1n) is 15.4. The van der Waals surface area contributed by atoms with Crippen LogP contribution in [0.5, 0.6) is 0 Å². The van der Waals surface area contributed by atoms with Crippen LogP contribution in [0, 0.1) is 5.92 Å². The van der Waals surface area contributed by atoms with Gasteiger partial charge in [-0.15, -0.1) is 0 Å². The van der Waals surface area contributed by atoms with E-state index < -0.39 is 112 Å². The predicted octanol–water partition coefficient (Wildman–Crippen LogP) is -2.02. The Hall–Kier alpha value is -1.38. The third kappa shape index (κ3) is 9.59. The number of hydrogen-bond acceptors (Lipinski definition) is 15.